The van der Waals surface area contributed by atoms with Crippen molar-refractivity contribution in [3.05, 3.63) is 82.6 Å². The first-order valence-corrected chi connectivity index (χ1v) is 9.61. The van der Waals surface area contributed by atoms with Crippen LogP contribution in [0, 0.1) is 0 Å². The number of hydrogen-bond donors (Lipinski definition) is 2. The van der Waals surface area contributed by atoms with Gasteiger partial charge in [-0.1, -0.05) is 29.3 Å². The van der Waals surface area contributed by atoms with E-state index in [-0.39, 0.29) is 6.03 Å². The van der Waals surface area contributed by atoms with Crippen molar-refractivity contribution in [2.24, 2.45) is 0 Å². The van der Waals surface area contributed by atoms with Gasteiger partial charge in [0.1, 0.15) is 24.7 Å². The topological polar surface area (TPSA) is 72.5 Å². The quantitative estimate of drug-likeness (QED) is 0.482. The number of nitrogens with one attached hydrogen (secondary N) is 2. The van der Waals surface area contributed by atoms with Gasteiger partial charge in [0.25, 0.3) is 0 Å². The zero-order valence-electron chi connectivity index (χ0n) is 15.4. The summed E-state index contributed by atoms with van der Waals surface area (Å²) in [6.07, 6.45) is 1.70. The van der Waals surface area contributed by atoms with E-state index >= 15 is 0 Å². The average molecular weight is 432 g/mol. The predicted octanol–water partition coefficient (Wildman–Crippen LogP) is 5.17. The number of pyridine rings is 1. The maximum Gasteiger partial charge on any atom is 0.319 e. The van der Waals surface area contributed by atoms with Crippen LogP contribution in [0.4, 0.5) is 10.5 Å². The number of hydrogen-bond acceptors (Lipinski definition) is 4. The molecular weight excluding hydrogens is 413 g/mol. The van der Waals surface area contributed by atoms with Crippen molar-refractivity contribution in [1.82, 2.24) is 10.3 Å². The van der Waals surface area contributed by atoms with Gasteiger partial charge < -0.3 is 20.1 Å². The summed E-state index contributed by atoms with van der Waals surface area (Å²) in [5.41, 5.74) is 1.35. The molecule has 2 amide bonds. The number of amides is 2. The summed E-state index contributed by atoms with van der Waals surface area (Å²) in [7, 11) is 0. The molecule has 8 heteroatoms. The number of ether oxygens (including phenoxy) is 2. The summed E-state index contributed by atoms with van der Waals surface area (Å²) in [6, 6.07) is 17.3. The van der Waals surface area contributed by atoms with Gasteiger partial charge in [0.2, 0.25) is 0 Å². The van der Waals surface area contributed by atoms with Crippen LogP contribution in [0.5, 0.6) is 11.5 Å². The lowest BCUT2D eigenvalue weighted by Gasteiger charge is -2.11. The summed E-state index contributed by atoms with van der Waals surface area (Å²) >= 11 is 12.1. The van der Waals surface area contributed by atoms with Gasteiger partial charge in [-0.05, 0) is 54.6 Å². The lowest BCUT2D eigenvalue weighted by molar-refractivity contribution is 0.247. The molecule has 1 aromatic heterocycles. The monoisotopic (exact) mass is 431 g/mol. The summed E-state index contributed by atoms with van der Waals surface area (Å²) in [5, 5.41) is 6.46. The number of anilines is 1. The first-order valence-electron chi connectivity index (χ1n) is 8.85. The number of carbonyl (C=O) groups is 1. The Labute approximate surface area is 178 Å². The molecule has 1 heterocycles. The Bertz CT molecular complexity index is 938. The molecule has 0 aliphatic heterocycles. The van der Waals surface area contributed by atoms with E-state index in [0.717, 1.165) is 5.69 Å². The van der Waals surface area contributed by atoms with Gasteiger partial charge in [0.15, 0.2) is 0 Å². The molecule has 0 aliphatic rings. The molecule has 0 radical (unpaired) electrons. The Hall–Kier alpha value is -2.96. The number of halogens is 2. The minimum absolute atomic E-state index is 0.307. The van der Waals surface area contributed by atoms with Gasteiger partial charge in [-0.2, -0.15) is 0 Å². The molecule has 0 aliphatic carbocycles. The fourth-order valence-corrected chi connectivity index (χ4v) is 2.73. The van der Waals surface area contributed by atoms with E-state index in [0.29, 0.717) is 47.0 Å². The molecule has 0 bridgehead atoms. The third-order valence-electron chi connectivity index (χ3n) is 3.76. The molecule has 0 unspecified atom stereocenters. The van der Waals surface area contributed by atoms with Gasteiger partial charge in [0.05, 0.1) is 17.3 Å². The van der Waals surface area contributed by atoms with Crippen LogP contribution in [0.25, 0.3) is 0 Å². The largest absolute Gasteiger partial charge is 0.492 e. The van der Waals surface area contributed by atoms with Crippen molar-refractivity contribution in [3.63, 3.8) is 0 Å². The van der Waals surface area contributed by atoms with E-state index in [1.807, 2.05) is 18.2 Å². The maximum absolute atomic E-state index is 12.0. The molecule has 2 aromatic carbocycles. The fourth-order valence-electron chi connectivity index (χ4n) is 2.37. The van der Waals surface area contributed by atoms with Crippen LogP contribution in [0.2, 0.25) is 10.0 Å². The highest BCUT2D eigenvalue weighted by atomic mass is 35.5. The second-order valence-electron chi connectivity index (χ2n) is 5.94. The Morgan fingerprint density at radius 2 is 1.83 bits per heavy atom. The molecule has 0 fully saturated rings. The molecule has 0 atom stereocenters. The summed E-state index contributed by atoms with van der Waals surface area (Å²) in [6.45, 7) is 0.977. The Balaban J connectivity index is 1.41. The molecule has 150 valence electrons. The van der Waals surface area contributed by atoms with Crippen LogP contribution in [0.3, 0.4) is 0 Å². The molecule has 0 saturated heterocycles. The zero-order chi connectivity index (χ0) is 20.5. The Morgan fingerprint density at radius 1 is 1.00 bits per heavy atom. The maximum atomic E-state index is 12.0. The molecule has 0 saturated carbocycles. The molecule has 2 N–H and O–H groups in total. The lowest BCUT2D eigenvalue weighted by Crippen LogP contribution is -2.32. The second-order valence-corrected chi connectivity index (χ2v) is 6.78. The molecule has 6 nitrogen and oxygen atoms in total. The Kier molecular flexibility index (Phi) is 7.55. The van der Waals surface area contributed by atoms with Gasteiger partial charge in [0, 0.05) is 16.9 Å². The first-order chi connectivity index (χ1) is 14.1. The molecule has 3 aromatic rings. The number of aromatic nitrogens is 1. The average Bonchev–Trinajstić information content (AvgIpc) is 2.73. The molecule has 0 spiro atoms. The van der Waals surface area contributed by atoms with Crippen LogP contribution in [0.15, 0.2) is 66.9 Å². The zero-order valence-corrected chi connectivity index (χ0v) is 16.9. The van der Waals surface area contributed by atoms with E-state index in [1.54, 1.807) is 48.7 Å². The van der Waals surface area contributed by atoms with E-state index in [2.05, 4.69) is 15.6 Å². The van der Waals surface area contributed by atoms with Crippen molar-refractivity contribution < 1.29 is 14.3 Å². The van der Waals surface area contributed by atoms with E-state index in [1.165, 1.54) is 0 Å². The van der Waals surface area contributed by atoms with Gasteiger partial charge in [-0.25, -0.2) is 4.79 Å². The number of urea groups is 1. The highest BCUT2D eigenvalue weighted by molar-refractivity contribution is 6.32. The van der Waals surface area contributed by atoms with Gasteiger partial charge >= 0.3 is 6.03 Å². The molecule has 29 heavy (non-hydrogen) atoms. The van der Waals surface area contributed by atoms with E-state index < -0.39 is 0 Å². The van der Waals surface area contributed by atoms with E-state index in [4.69, 9.17) is 32.7 Å². The van der Waals surface area contributed by atoms with Crippen molar-refractivity contribution in [2.45, 2.75) is 6.61 Å². The van der Waals surface area contributed by atoms with Crippen LogP contribution in [-0.2, 0) is 6.61 Å². The minimum Gasteiger partial charge on any atom is -0.492 e. The van der Waals surface area contributed by atoms with E-state index in [9.17, 15) is 4.79 Å². The number of benzene rings is 2. The highest BCUT2D eigenvalue weighted by Gasteiger charge is 2.07. The molecule has 3 rings (SSSR count). The predicted molar refractivity (Wildman–Crippen MR) is 114 cm³/mol. The standard InChI is InChI=1S/C21H19Cl2N3O3/c22-15-4-7-18(8-5-15)28-12-11-25-21(27)26-16-6-9-20(19(23)13-16)29-14-17-3-1-2-10-24-17/h1-10,13H,11-12,14H2,(H2,25,26,27). The van der Waals surface area contributed by atoms with Gasteiger partial charge in [-0.15, -0.1) is 0 Å². The minimum atomic E-state index is -0.358. The van der Waals surface area contributed by atoms with Crippen molar-refractivity contribution in [3.8, 4) is 11.5 Å². The SMILES string of the molecule is O=C(NCCOc1ccc(Cl)cc1)Nc1ccc(OCc2ccccn2)c(Cl)c1. The van der Waals surface area contributed by atoms with Crippen molar-refractivity contribution >= 4 is 34.9 Å². The Morgan fingerprint density at radius 3 is 2.55 bits per heavy atom. The number of rotatable bonds is 8. The second kappa shape index (κ2) is 10.5. The third-order valence-corrected chi connectivity index (χ3v) is 4.31. The van der Waals surface area contributed by atoms with Crippen LogP contribution in [-0.4, -0.2) is 24.2 Å². The third kappa shape index (κ3) is 6.85. The van der Waals surface area contributed by atoms with Crippen molar-refractivity contribution in [2.75, 3.05) is 18.5 Å². The van der Waals surface area contributed by atoms with Crippen LogP contribution < -0.4 is 20.1 Å². The smallest absolute Gasteiger partial charge is 0.319 e. The molecular formula is C21H19Cl2N3O3. The number of nitrogens with zero attached hydrogens (tertiary/aromatic N) is 1. The normalized spacial score (nSPS) is 10.3. The van der Waals surface area contributed by atoms with Crippen LogP contribution >= 0.6 is 23.2 Å². The van der Waals surface area contributed by atoms with Crippen LogP contribution in [0.1, 0.15) is 5.69 Å². The summed E-state index contributed by atoms with van der Waals surface area (Å²) in [4.78, 5) is 16.2. The fraction of sp³-hybridized carbons (Fsp3) is 0.143. The van der Waals surface area contributed by atoms with Crippen molar-refractivity contribution in [1.29, 1.82) is 0 Å². The lowest BCUT2D eigenvalue weighted by atomic mass is 10.3. The summed E-state index contributed by atoms with van der Waals surface area (Å²) in [5.74, 6) is 1.20. The first kappa shape index (κ1) is 20.8. The highest BCUT2D eigenvalue weighted by Crippen LogP contribution is 2.28. The van der Waals surface area contributed by atoms with Gasteiger partial charge in [-0.3, -0.25) is 4.98 Å². The number of carbonyl (C=O) groups excluding carboxylic acids is 1. The summed E-state index contributed by atoms with van der Waals surface area (Å²) < 4.78 is 11.2.